The lowest BCUT2D eigenvalue weighted by Crippen LogP contribution is -2.22. The Labute approximate surface area is 104 Å². The summed E-state index contributed by atoms with van der Waals surface area (Å²) in [4.78, 5) is 0. The molecule has 0 radical (unpaired) electrons. The lowest BCUT2D eigenvalue weighted by Gasteiger charge is -2.20. The van der Waals surface area contributed by atoms with E-state index in [0.29, 0.717) is 5.92 Å². The molecular formula is C15H24FN. The minimum Gasteiger partial charge on any atom is -0.319 e. The van der Waals surface area contributed by atoms with Crippen molar-refractivity contribution < 1.29 is 4.39 Å². The van der Waals surface area contributed by atoms with Gasteiger partial charge in [0.2, 0.25) is 0 Å². The van der Waals surface area contributed by atoms with Crippen LogP contribution < -0.4 is 5.32 Å². The molecule has 0 bridgehead atoms. The summed E-state index contributed by atoms with van der Waals surface area (Å²) in [5, 5.41) is 3.25. The van der Waals surface area contributed by atoms with Crippen molar-refractivity contribution >= 4 is 0 Å². The van der Waals surface area contributed by atoms with Crippen LogP contribution in [0.1, 0.15) is 32.3 Å². The minimum atomic E-state index is -0.152. The zero-order valence-electron chi connectivity index (χ0n) is 11.2. The molecule has 0 spiro atoms. The molecule has 0 aliphatic rings. The highest BCUT2D eigenvalue weighted by Gasteiger charge is 2.12. The highest BCUT2D eigenvalue weighted by Crippen LogP contribution is 2.19. The van der Waals surface area contributed by atoms with Crippen molar-refractivity contribution in [2.75, 3.05) is 13.6 Å². The van der Waals surface area contributed by atoms with Crippen LogP contribution in [0.2, 0.25) is 0 Å². The van der Waals surface area contributed by atoms with E-state index in [1.807, 2.05) is 19.2 Å². The first kappa shape index (κ1) is 14.2. The van der Waals surface area contributed by atoms with E-state index in [0.717, 1.165) is 18.9 Å². The van der Waals surface area contributed by atoms with E-state index in [2.05, 4.69) is 19.2 Å². The monoisotopic (exact) mass is 237 g/mol. The predicted molar refractivity (Wildman–Crippen MR) is 71.6 cm³/mol. The van der Waals surface area contributed by atoms with E-state index in [-0.39, 0.29) is 5.82 Å². The summed E-state index contributed by atoms with van der Waals surface area (Å²) >= 11 is 0. The third-order valence-electron chi connectivity index (χ3n) is 3.36. The molecule has 1 N–H and O–H groups in total. The Balaban J connectivity index is 2.56. The second-order valence-corrected chi connectivity index (χ2v) is 5.00. The van der Waals surface area contributed by atoms with Crippen LogP contribution in [0.4, 0.5) is 4.39 Å². The Kier molecular flexibility index (Phi) is 6.20. The van der Waals surface area contributed by atoms with Gasteiger partial charge in [0.25, 0.3) is 0 Å². The highest BCUT2D eigenvalue weighted by molar-refractivity contribution is 5.16. The number of hydrogen-bond acceptors (Lipinski definition) is 1. The predicted octanol–water partition coefficient (Wildman–Crippen LogP) is 3.64. The summed E-state index contributed by atoms with van der Waals surface area (Å²) in [5.41, 5.74) is 1.23. The number of halogens is 1. The van der Waals surface area contributed by atoms with Crippen molar-refractivity contribution in [1.82, 2.24) is 5.32 Å². The van der Waals surface area contributed by atoms with Crippen molar-refractivity contribution in [2.45, 2.75) is 33.1 Å². The molecule has 2 unspecified atom stereocenters. The maximum Gasteiger partial charge on any atom is 0.123 e. The summed E-state index contributed by atoms with van der Waals surface area (Å²) in [6, 6.07) is 6.90. The van der Waals surface area contributed by atoms with Gasteiger partial charge in [0.15, 0.2) is 0 Å². The summed E-state index contributed by atoms with van der Waals surface area (Å²) < 4.78 is 12.8. The maximum atomic E-state index is 12.8. The van der Waals surface area contributed by atoms with Gasteiger partial charge in [-0.1, -0.05) is 32.4 Å². The molecule has 0 saturated heterocycles. The first-order valence-corrected chi connectivity index (χ1v) is 6.54. The fraction of sp³-hybridized carbons (Fsp3) is 0.600. The number of nitrogens with one attached hydrogen (secondary N) is 1. The van der Waals surface area contributed by atoms with E-state index >= 15 is 0 Å². The van der Waals surface area contributed by atoms with Gasteiger partial charge < -0.3 is 5.32 Å². The molecule has 0 aromatic heterocycles. The van der Waals surface area contributed by atoms with E-state index < -0.39 is 0 Å². The molecule has 96 valence electrons. The molecule has 1 aromatic carbocycles. The fourth-order valence-corrected chi connectivity index (χ4v) is 2.22. The molecule has 0 amide bonds. The van der Waals surface area contributed by atoms with Gasteiger partial charge in [0.05, 0.1) is 0 Å². The van der Waals surface area contributed by atoms with Crippen LogP contribution in [-0.4, -0.2) is 13.6 Å². The second kappa shape index (κ2) is 7.44. The second-order valence-electron chi connectivity index (χ2n) is 5.00. The van der Waals surface area contributed by atoms with Gasteiger partial charge in [-0.3, -0.25) is 0 Å². The van der Waals surface area contributed by atoms with Crippen molar-refractivity contribution in [3.8, 4) is 0 Å². The first-order chi connectivity index (χ1) is 8.15. The third kappa shape index (κ3) is 5.31. The van der Waals surface area contributed by atoms with Crippen LogP contribution in [0, 0.1) is 17.7 Å². The standard InChI is InChI=1S/C15H24FN/c1-4-12(2)9-14(11-17-3)10-13-5-7-15(16)8-6-13/h5-8,12,14,17H,4,9-11H2,1-3H3. The molecule has 0 saturated carbocycles. The molecule has 0 aliphatic carbocycles. The van der Waals surface area contributed by atoms with E-state index in [4.69, 9.17) is 0 Å². The number of benzene rings is 1. The lowest BCUT2D eigenvalue weighted by molar-refractivity contribution is 0.371. The molecular weight excluding hydrogens is 213 g/mol. The van der Waals surface area contributed by atoms with Crippen LogP contribution >= 0.6 is 0 Å². The summed E-state index contributed by atoms with van der Waals surface area (Å²) in [5.74, 6) is 1.25. The number of rotatable bonds is 7. The zero-order chi connectivity index (χ0) is 12.7. The van der Waals surface area contributed by atoms with Gasteiger partial charge in [-0.05, 0) is 56.0 Å². The van der Waals surface area contributed by atoms with Gasteiger partial charge in [-0.15, -0.1) is 0 Å². The molecule has 1 aromatic rings. The van der Waals surface area contributed by atoms with Crippen LogP contribution in [0.5, 0.6) is 0 Å². The zero-order valence-corrected chi connectivity index (χ0v) is 11.2. The maximum absolute atomic E-state index is 12.8. The summed E-state index contributed by atoms with van der Waals surface area (Å²) in [6.07, 6.45) is 3.49. The summed E-state index contributed by atoms with van der Waals surface area (Å²) in [7, 11) is 1.99. The number of hydrogen-bond donors (Lipinski definition) is 1. The third-order valence-corrected chi connectivity index (χ3v) is 3.36. The Morgan fingerprint density at radius 2 is 1.88 bits per heavy atom. The van der Waals surface area contributed by atoms with Crippen molar-refractivity contribution in [3.63, 3.8) is 0 Å². The van der Waals surface area contributed by atoms with Crippen LogP contribution in [0.15, 0.2) is 24.3 Å². The Morgan fingerprint density at radius 3 is 2.41 bits per heavy atom. The molecule has 2 heteroatoms. The van der Waals surface area contributed by atoms with Gasteiger partial charge >= 0.3 is 0 Å². The van der Waals surface area contributed by atoms with E-state index in [1.54, 1.807) is 12.1 Å². The van der Waals surface area contributed by atoms with E-state index in [1.165, 1.54) is 18.4 Å². The lowest BCUT2D eigenvalue weighted by atomic mass is 9.89. The normalized spacial score (nSPS) is 14.6. The quantitative estimate of drug-likeness (QED) is 0.763. The van der Waals surface area contributed by atoms with Gasteiger partial charge in [-0.25, -0.2) is 4.39 Å². The van der Waals surface area contributed by atoms with Crippen LogP contribution in [0.25, 0.3) is 0 Å². The fourth-order valence-electron chi connectivity index (χ4n) is 2.22. The van der Waals surface area contributed by atoms with Crippen molar-refractivity contribution in [3.05, 3.63) is 35.6 Å². The van der Waals surface area contributed by atoms with Gasteiger partial charge in [0, 0.05) is 0 Å². The Hall–Kier alpha value is -0.890. The molecule has 0 fully saturated rings. The first-order valence-electron chi connectivity index (χ1n) is 6.54. The van der Waals surface area contributed by atoms with E-state index in [9.17, 15) is 4.39 Å². The smallest absolute Gasteiger partial charge is 0.123 e. The molecule has 17 heavy (non-hydrogen) atoms. The van der Waals surface area contributed by atoms with Crippen molar-refractivity contribution in [2.24, 2.45) is 11.8 Å². The SMILES string of the molecule is CCC(C)CC(CNC)Cc1ccc(F)cc1. The molecule has 1 rings (SSSR count). The molecule has 1 nitrogen and oxygen atoms in total. The van der Waals surface area contributed by atoms with Gasteiger partial charge in [-0.2, -0.15) is 0 Å². The Morgan fingerprint density at radius 1 is 1.24 bits per heavy atom. The average Bonchev–Trinajstić information content (AvgIpc) is 2.32. The molecule has 2 atom stereocenters. The highest BCUT2D eigenvalue weighted by atomic mass is 19.1. The molecule has 0 aliphatic heterocycles. The van der Waals surface area contributed by atoms with Gasteiger partial charge in [0.1, 0.15) is 5.82 Å². The Bertz CT molecular complexity index is 307. The van der Waals surface area contributed by atoms with Crippen LogP contribution in [0.3, 0.4) is 0 Å². The minimum absolute atomic E-state index is 0.152. The average molecular weight is 237 g/mol. The summed E-state index contributed by atoms with van der Waals surface area (Å²) in [6.45, 7) is 5.56. The van der Waals surface area contributed by atoms with Crippen LogP contribution in [-0.2, 0) is 6.42 Å². The topological polar surface area (TPSA) is 12.0 Å². The molecule has 0 heterocycles. The van der Waals surface area contributed by atoms with Crippen molar-refractivity contribution in [1.29, 1.82) is 0 Å². The largest absolute Gasteiger partial charge is 0.319 e.